The number of hydrogen-bond acceptors (Lipinski definition) is 6. The summed E-state index contributed by atoms with van der Waals surface area (Å²) in [5, 5.41) is 40.0. The summed E-state index contributed by atoms with van der Waals surface area (Å²) in [7, 11) is 2.94. The maximum atomic E-state index is 10.3. The summed E-state index contributed by atoms with van der Waals surface area (Å²) >= 11 is 0. The van der Waals surface area contributed by atoms with E-state index < -0.39 is 12.2 Å². The van der Waals surface area contributed by atoms with Crippen LogP contribution < -0.4 is 9.47 Å². The van der Waals surface area contributed by atoms with E-state index in [9.17, 15) is 20.4 Å². The molecule has 0 aliphatic rings. The van der Waals surface area contributed by atoms with Gasteiger partial charge in [0.25, 0.3) is 0 Å². The molecular weight excluding hydrogens is 360 g/mol. The van der Waals surface area contributed by atoms with Gasteiger partial charge in [0.15, 0.2) is 11.5 Å². The van der Waals surface area contributed by atoms with Crippen LogP contribution in [0.15, 0.2) is 30.3 Å². The molecule has 0 aliphatic carbocycles. The largest absolute Gasteiger partial charge is 0.508 e. The normalized spacial score (nSPS) is 13.2. The summed E-state index contributed by atoms with van der Waals surface area (Å²) < 4.78 is 10.3. The van der Waals surface area contributed by atoms with Crippen LogP contribution in [-0.4, -0.2) is 46.9 Å². The molecular formula is C22H30O6. The molecule has 0 radical (unpaired) electrons. The van der Waals surface area contributed by atoms with Gasteiger partial charge in [0, 0.05) is 0 Å². The van der Waals surface area contributed by atoms with Crippen molar-refractivity contribution in [3.63, 3.8) is 0 Å². The van der Waals surface area contributed by atoms with E-state index in [1.165, 1.54) is 14.2 Å². The number of aryl methyl sites for hydroxylation is 3. The first kappa shape index (κ1) is 21.9. The van der Waals surface area contributed by atoms with Gasteiger partial charge >= 0.3 is 0 Å². The second-order valence-corrected chi connectivity index (χ2v) is 7.09. The average molecular weight is 390 g/mol. The lowest BCUT2D eigenvalue weighted by Gasteiger charge is -2.17. The minimum atomic E-state index is -0.637. The van der Waals surface area contributed by atoms with Gasteiger partial charge in [-0.15, -0.1) is 0 Å². The summed E-state index contributed by atoms with van der Waals surface area (Å²) in [5.41, 5.74) is 2.73. The van der Waals surface area contributed by atoms with E-state index in [0.717, 1.165) is 16.7 Å². The van der Waals surface area contributed by atoms with Gasteiger partial charge in [-0.2, -0.15) is 0 Å². The number of phenolic OH excluding ortho intramolecular Hbond substituents is 2. The fourth-order valence-corrected chi connectivity index (χ4v) is 3.18. The lowest BCUT2D eigenvalue weighted by Crippen LogP contribution is -2.19. The Labute approximate surface area is 166 Å². The molecule has 0 fully saturated rings. The molecule has 6 nitrogen and oxygen atoms in total. The molecule has 2 aromatic rings. The molecule has 154 valence electrons. The van der Waals surface area contributed by atoms with Crippen molar-refractivity contribution in [1.29, 1.82) is 0 Å². The predicted molar refractivity (Wildman–Crippen MR) is 107 cm³/mol. The zero-order valence-electron chi connectivity index (χ0n) is 16.7. The highest BCUT2D eigenvalue weighted by Gasteiger charge is 2.15. The van der Waals surface area contributed by atoms with Crippen molar-refractivity contribution in [2.45, 2.75) is 51.2 Å². The van der Waals surface area contributed by atoms with Crippen molar-refractivity contribution < 1.29 is 29.9 Å². The van der Waals surface area contributed by atoms with Crippen molar-refractivity contribution in [2.24, 2.45) is 0 Å². The van der Waals surface area contributed by atoms with E-state index in [-0.39, 0.29) is 11.5 Å². The van der Waals surface area contributed by atoms with Crippen LogP contribution in [0.2, 0.25) is 0 Å². The van der Waals surface area contributed by atoms with Gasteiger partial charge in [-0.1, -0.05) is 12.1 Å². The van der Waals surface area contributed by atoms with Gasteiger partial charge in [-0.25, -0.2) is 0 Å². The second kappa shape index (κ2) is 10.2. The molecule has 0 bridgehead atoms. The number of benzene rings is 2. The Balaban J connectivity index is 1.83. The molecule has 0 amide bonds. The molecule has 0 aromatic heterocycles. The molecule has 2 aromatic carbocycles. The first-order valence-electron chi connectivity index (χ1n) is 9.42. The highest BCUT2D eigenvalue weighted by molar-refractivity contribution is 5.52. The monoisotopic (exact) mass is 390 g/mol. The topological polar surface area (TPSA) is 99.4 Å². The SMILES string of the molecule is COc1cc(CCC(O)CC(O)CCc2ccc(O)c(C)c2)cc(OC)c1O. The van der Waals surface area contributed by atoms with Crippen LogP contribution in [0.5, 0.6) is 23.0 Å². The number of aliphatic hydroxyl groups excluding tert-OH is 2. The molecule has 0 spiro atoms. The lowest BCUT2D eigenvalue weighted by molar-refractivity contribution is 0.0714. The maximum absolute atomic E-state index is 10.3. The van der Waals surface area contributed by atoms with Crippen LogP contribution in [-0.2, 0) is 12.8 Å². The molecule has 2 atom stereocenters. The Bertz CT molecular complexity index is 749. The minimum absolute atomic E-state index is 0.0470. The number of methoxy groups -OCH3 is 2. The third kappa shape index (κ3) is 6.04. The highest BCUT2D eigenvalue weighted by Crippen LogP contribution is 2.37. The summed E-state index contributed by atoms with van der Waals surface area (Å²) in [6.07, 6.45) is 1.33. The molecule has 0 saturated carbocycles. The third-order valence-corrected chi connectivity index (χ3v) is 4.88. The van der Waals surface area contributed by atoms with E-state index >= 15 is 0 Å². The summed E-state index contributed by atoms with van der Waals surface area (Å²) in [5.74, 6) is 0.873. The van der Waals surface area contributed by atoms with E-state index in [1.807, 2.05) is 19.1 Å². The maximum Gasteiger partial charge on any atom is 0.200 e. The van der Waals surface area contributed by atoms with E-state index in [0.29, 0.717) is 43.6 Å². The zero-order chi connectivity index (χ0) is 20.7. The number of phenols is 2. The number of aliphatic hydroxyl groups is 2. The number of rotatable bonds is 10. The molecule has 4 N–H and O–H groups in total. The molecule has 0 aliphatic heterocycles. The Kier molecular flexibility index (Phi) is 7.96. The molecule has 28 heavy (non-hydrogen) atoms. The van der Waals surface area contributed by atoms with E-state index in [4.69, 9.17) is 9.47 Å². The smallest absolute Gasteiger partial charge is 0.200 e. The molecule has 0 saturated heterocycles. The van der Waals surface area contributed by atoms with Gasteiger partial charge in [-0.05, 0) is 73.9 Å². The van der Waals surface area contributed by atoms with Crippen LogP contribution in [0.3, 0.4) is 0 Å². The van der Waals surface area contributed by atoms with Crippen molar-refractivity contribution in [1.82, 2.24) is 0 Å². The Morgan fingerprint density at radius 2 is 1.36 bits per heavy atom. The highest BCUT2D eigenvalue weighted by atomic mass is 16.5. The van der Waals surface area contributed by atoms with Crippen LogP contribution >= 0.6 is 0 Å². The Morgan fingerprint density at radius 1 is 0.821 bits per heavy atom. The number of ether oxygens (including phenoxy) is 2. The quantitative estimate of drug-likeness (QED) is 0.498. The molecule has 6 heteroatoms. The third-order valence-electron chi connectivity index (χ3n) is 4.88. The first-order valence-corrected chi connectivity index (χ1v) is 9.42. The van der Waals surface area contributed by atoms with Crippen LogP contribution in [0.1, 0.15) is 36.0 Å². The second-order valence-electron chi connectivity index (χ2n) is 7.09. The summed E-state index contributed by atoms with van der Waals surface area (Å²) in [4.78, 5) is 0. The van der Waals surface area contributed by atoms with Crippen molar-refractivity contribution in [3.05, 3.63) is 47.0 Å². The summed E-state index contributed by atoms with van der Waals surface area (Å²) in [6, 6.07) is 8.84. The lowest BCUT2D eigenvalue weighted by atomic mass is 9.98. The Morgan fingerprint density at radius 3 is 1.86 bits per heavy atom. The number of aromatic hydroxyl groups is 2. The molecule has 0 heterocycles. The minimum Gasteiger partial charge on any atom is -0.508 e. The fraction of sp³-hybridized carbons (Fsp3) is 0.455. The Hall–Kier alpha value is -2.44. The van der Waals surface area contributed by atoms with Crippen molar-refractivity contribution >= 4 is 0 Å². The first-order chi connectivity index (χ1) is 13.3. The van der Waals surface area contributed by atoms with Crippen molar-refractivity contribution in [3.8, 4) is 23.0 Å². The van der Waals surface area contributed by atoms with Gasteiger partial charge in [0.05, 0.1) is 26.4 Å². The van der Waals surface area contributed by atoms with E-state index in [1.54, 1.807) is 18.2 Å². The zero-order valence-corrected chi connectivity index (χ0v) is 16.7. The van der Waals surface area contributed by atoms with Crippen molar-refractivity contribution in [2.75, 3.05) is 14.2 Å². The summed E-state index contributed by atoms with van der Waals surface area (Å²) in [6.45, 7) is 1.84. The van der Waals surface area contributed by atoms with Gasteiger partial charge in [0.1, 0.15) is 5.75 Å². The predicted octanol–water partition coefficient (Wildman–Crippen LogP) is 3.10. The van der Waals surface area contributed by atoms with E-state index in [2.05, 4.69) is 0 Å². The van der Waals surface area contributed by atoms with Gasteiger partial charge in [-0.3, -0.25) is 0 Å². The van der Waals surface area contributed by atoms with Crippen LogP contribution in [0, 0.1) is 6.92 Å². The number of hydrogen-bond donors (Lipinski definition) is 4. The molecule has 2 rings (SSSR count). The van der Waals surface area contributed by atoms with Gasteiger partial charge < -0.3 is 29.9 Å². The molecule has 2 unspecified atom stereocenters. The average Bonchev–Trinajstić information content (AvgIpc) is 2.68. The van der Waals surface area contributed by atoms with Crippen LogP contribution in [0.4, 0.5) is 0 Å². The van der Waals surface area contributed by atoms with Crippen LogP contribution in [0.25, 0.3) is 0 Å². The fourth-order valence-electron chi connectivity index (χ4n) is 3.18. The van der Waals surface area contributed by atoms with Gasteiger partial charge in [0.2, 0.25) is 5.75 Å². The standard InChI is InChI=1S/C22H30O6/c1-14-10-15(6-9-19(14)25)4-7-17(23)13-18(24)8-5-16-11-20(27-2)22(26)21(12-16)28-3/h6,9-12,17-18,23-26H,4-5,7-8,13H2,1-3H3.